The lowest BCUT2D eigenvalue weighted by molar-refractivity contribution is 0.0178. The first kappa shape index (κ1) is 11.8. The summed E-state index contributed by atoms with van der Waals surface area (Å²) >= 11 is 5.77. The van der Waals surface area contributed by atoms with Crippen molar-refractivity contribution in [2.24, 2.45) is 5.73 Å². The maximum Gasteiger partial charge on any atom is 0.129 e. The van der Waals surface area contributed by atoms with Gasteiger partial charge in [0.05, 0.1) is 13.2 Å². The van der Waals surface area contributed by atoms with Gasteiger partial charge >= 0.3 is 0 Å². The molecule has 16 heavy (non-hydrogen) atoms. The van der Waals surface area contributed by atoms with Crippen LogP contribution in [0.2, 0.25) is 5.15 Å². The molecule has 2 N–H and O–H groups in total. The number of nitrogens with zero attached hydrogens (tertiary/aromatic N) is 2. The number of nitrogens with two attached hydrogens (primary N) is 1. The van der Waals surface area contributed by atoms with E-state index in [9.17, 15) is 0 Å². The van der Waals surface area contributed by atoms with E-state index >= 15 is 0 Å². The van der Waals surface area contributed by atoms with Crippen molar-refractivity contribution in [1.29, 1.82) is 0 Å². The molecule has 0 saturated carbocycles. The largest absolute Gasteiger partial charge is 0.379 e. The topological polar surface area (TPSA) is 51.4 Å². The van der Waals surface area contributed by atoms with Crippen LogP contribution in [0.5, 0.6) is 0 Å². The lowest BCUT2D eigenvalue weighted by Crippen LogP contribution is -2.41. The zero-order valence-corrected chi connectivity index (χ0v) is 9.86. The highest BCUT2D eigenvalue weighted by atomic mass is 35.5. The highest BCUT2D eigenvalue weighted by molar-refractivity contribution is 6.29. The fraction of sp³-hybridized carbons (Fsp3) is 0.545. The lowest BCUT2D eigenvalue weighted by Gasteiger charge is -2.33. The highest BCUT2D eigenvalue weighted by Crippen LogP contribution is 2.20. The van der Waals surface area contributed by atoms with Gasteiger partial charge in [-0.3, -0.25) is 4.90 Å². The average Bonchev–Trinajstić information content (AvgIpc) is 2.34. The number of halogens is 1. The van der Waals surface area contributed by atoms with Gasteiger partial charge in [-0.1, -0.05) is 17.7 Å². The Bertz CT molecular complexity index is 325. The minimum absolute atomic E-state index is 0.216. The Hall–Kier alpha value is -0.680. The van der Waals surface area contributed by atoms with E-state index in [4.69, 9.17) is 22.1 Å². The second-order valence-electron chi connectivity index (χ2n) is 3.81. The maximum atomic E-state index is 5.83. The summed E-state index contributed by atoms with van der Waals surface area (Å²) in [5.74, 6) is 0. The zero-order valence-electron chi connectivity index (χ0n) is 9.10. The molecule has 1 aliphatic rings. The van der Waals surface area contributed by atoms with E-state index in [1.807, 2.05) is 6.07 Å². The second-order valence-corrected chi connectivity index (χ2v) is 4.20. The predicted octanol–water partition coefficient (Wildman–Crippen LogP) is 1.07. The van der Waals surface area contributed by atoms with Gasteiger partial charge in [0, 0.05) is 31.9 Å². The van der Waals surface area contributed by atoms with Crippen molar-refractivity contribution in [2.75, 3.05) is 32.8 Å². The Kier molecular flexibility index (Phi) is 4.12. The predicted molar refractivity (Wildman–Crippen MR) is 63.4 cm³/mol. The van der Waals surface area contributed by atoms with Gasteiger partial charge in [0.15, 0.2) is 0 Å². The summed E-state index contributed by atoms with van der Waals surface area (Å²) < 4.78 is 5.33. The van der Waals surface area contributed by atoms with Crippen LogP contribution >= 0.6 is 11.6 Å². The number of aromatic nitrogens is 1. The third-order valence-corrected chi connectivity index (χ3v) is 3.07. The van der Waals surface area contributed by atoms with Gasteiger partial charge in [0.2, 0.25) is 0 Å². The summed E-state index contributed by atoms with van der Waals surface area (Å²) in [4.78, 5) is 6.42. The summed E-state index contributed by atoms with van der Waals surface area (Å²) in [7, 11) is 0. The van der Waals surface area contributed by atoms with Gasteiger partial charge in [-0.15, -0.1) is 0 Å². The van der Waals surface area contributed by atoms with Gasteiger partial charge in [0.25, 0.3) is 0 Å². The van der Waals surface area contributed by atoms with Crippen molar-refractivity contribution in [3.63, 3.8) is 0 Å². The summed E-state index contributed by atoms with van der Waals surface area (Å²) in [5, 5.41) is 0.515. The molecule has 5 heteroatoms. The van der Waals surface area contributed by atoms with E-state index in [1.54, 1.807) is 12.3 Å². The molecule has 2 heterocycles. The Morgan fingerprint density at radius 3 is 2.75 bits per heavy atom. The summed E-state index contributed by atoms with van der Waals surface area (Å²) in [6.07, 6.45) is 1.80. The van der Waals surface area contributed by atoms with Crippen LogP contribution in [0.1, 0.15) is 11.6 Å². The molecule has 4 nitrogen and oxygen atoms in total. The third kappa shape index (κ3) is 2.71. The lowest BCUT2D eigenvalue weighted by atomic mass is 10.1. The number of hydrogen-bond donors (Lipinski definition) is 1. The van der Waals surface area contributed by atoms with Crippen molar-refractivity contribution < 1.29 is 4.74 Å². The molecule has 0 bridgehead atoms. The Labute approximate surface area is 100 Å². The first-order valence-electron chi connectivity index (χ1n) is 5.44. The number of ether oxygens (including phenoxy) is 1. The minimum Gasteiger partial charge on any atom is -0.379 e. The molecule has 1 aromatic rings. The first-order valence-corrected chi connectivity index (χ1v) is 5.82. The van der Waals surface area contributed by atoms with E-state index in [2.05, 4.69) is 9.88 Å². The molecule has 0 aromatic carbocycles. The van der Waals surface area contributed by atoms with Crippen LogP contribution < -0.4 is 5.73 Å². The molecule has 88 valence electrons. The molecule has 2 rings (SSSR count). The Morgan fingerprint density at radius 1 is 1.44 bits per heavy atom. The van der Waals surface area contributed by atoms with Gasteiger partial charge in [-0.25, -0.2) is 4.98 Å². The zero-order chi connectivity index (χ0) is 11.4. The molecule has 0 spiro atoms. The van der Waals surface area contributed by atoms with Crippen LogP contribution in [-0.4, -0.2) is 42.7 Å². The monoisotopic (exact) mass is 241 g/mol. The Morgan fingerprint density at radius 2 is 2.19 bits per heavy atom. The summed E-state index contributed by atoms with van der Waals surface area (Å²) in [5.41, 5.74) is 6.95. The number of rotatable bonds is 3. The van der Waals surface area contributed by atoms with Crippen LogP contribution in [0.25, 0.3) is 0 Å². The first-order chi connectivity index (χ1) is 7.81. The van der Waals surface area contributed by atoms with Crippen molar-refractivity contribution in [1.82, 2.24) is 9.88 Å². The minimum atomic E-state index is 0.216. The maximum absolute atomic E-state index is 5.83. The molecule has 0 aliphatic carbocycles. The Balaban J connectivity index is 2.11. The van der Waals surface area contributed by atoms with Crippen molar-refractivity contribution in [2.45, 2.75) is 6.04 Å². The number of pyridine rings is 1. The van der Waals surface area contributed by atoms with Crippen molar-refractivity contribution in [3.05, 3.63) is 29.0 Å². The fourth-order valence-electron chi connectivity index (χ4n) is 1.97. The molecule has 1 saturated heterocycles. The fourth-order valence-corrected chi connectivity index (χ4v) is 2.08. The number of morpholine rings is 1. The molecule has 0 radical (unpaired) electrons. The summed E-state index contributed by atoms with van der Waals surface area (Å²) in [6, 6.07) is 4.01. The van der Waals surface area contributed by atoms with E-state index in [0.29, 0.717) is 11.7 Å². The SMILES string of the molecule is NCC(c1ccc(Cl)nc1)N1CCOCC1. The molecular weight excluding hydrogens is 226 g/mol. The second kappa shape index (κ2) is 5.59. The van der Waals surface area contributed by atoms with Gasteiger partial charge < -0.3 is 10.5 Å². The van der Waals surface area contributed by atoms with Crippen molar-refractivity contribution in [3.8, 4) is 0 Å². The van der Waals surface area contributed by atoms with Gasteiger partial charge in [0.1, 0.15) is 5.15 Å². The molecule has 1 fully saturated rings. The van der Waals surface area contributed by atoms with E-state index in [1.165, 1.54) is 0 Å². The van der Waals surface area contributed by atoms with E-state index in [-0.39, 0.29) is 6.04 Å². The smallest absolute Gasteiger partial charge is 0.129 e. The van der Waals surface area contributed by atoms with Crippen LogP contribution in [0.4, 0.5) is 0 Å². The van der Waals surface area contributed by atoms with Crippen LogP contribution in [0.3, 0.4) is 0 Å². The molecule has 1 atom stereocenters. The van der Waals surface area contributed by atoms with Gasteiger partial charge in [-0.2, -0.15) is 0 Å². The molecule has 1 unspecified atom stereocenters. The quantitative estimate of drug-likeness (QED) is 0.805. The molecule has 1 aliphatic heterocycles. The average molecular weight is 242 g/mol. The standard InChI is InChI=1S/C11H16ClN3O/c12-11-2-1-9(8-14-11)10(7-13)15-3-5-16-6-4-15/h1-2,8,10H,3-7,13H2. The highest BCUT2D eigenvalue weighted by Gasteiger charge is 2.21. The normalized spacial score (nSPS) is 19.6. The van der Waals surface area contributed by atoms with E-state index < -0.39 is 0 Å². The molecular formula is C11H16ClN3O. The molecule has 1 aromatic heterocycles. The number of hydrogen-bond acceptors (Lipinski definition) is 4. The van der Waals surface area contributed by atoms with Gasteiger partial charge in [-0.05, 0) is 11.6 Å². The van der Waals surface area contributed by atoms with Crippen LogP contribution in [-0.2, 0) is 4.74 Å². The van der Waals surface area contributed by atoms with Crippen LogP contribution in [0, 0.1) is 0 Å². The van der Waals surface area contributed by atoms with Crippen LogP contribution in [0.15, 0.2) is 18.3 Å². The van der Waals surface area contributed by atoms with E-state index in [0.717, 1.165) is 31.9 Å². The third-order valence-electron chi connectivity index (χ3n) is 2.84. The van der Waals surface area contributed by atoms with Crippen molar-refractivity contribution >= 4 is 11.6 Å². The summed E-state index contributed by atoms with van der Waals surface area (Å²) in [6.45, 7) is 3.98. The molecule has 0 amide bonds.